The van der Waals surface area contributed by atoms with E-state index < -0.39 is 0 Å². The van der Waals surface area contributed by atoms with E-state index in [1.165, 1.54) is 5.56 Å². The molecule has 0 fully saturated rings. The summed E-state index contributed by atoms with van der Waals surface area (Å²) in [6, 6.07) is 2.20. The molecule has 0 bridgehead atoms. The highest BCUT2D eigenvalue weighted by Gasteiger charge is 2.22. The van der Waals surface area contributed by atoms with Crippen molar-refractivity contribution in [1.82, 2.24) is 10.2 Å². The largest absolute Gasteiger partial charge is 0.465 e. The summed E-state index contributed by atoms with van der Waals surface area (Å²) in [4.78, 5) is 2.40. The number of nitrogens with zero attached hydrogens (tertiary/aromatic N) is 1. The highest BCUT2D eigenvalue weighted by atomic mass is 16.3. The topological polar surface area (TPSA) is 28.4 Å². The molecule has 1 heterocycles. The summed E-state index contributed by atoms with van der Waals surface area (Å²) in [7, 11) is 2.19. The van der Waals surface area contributed by atoms with E-state index >= 15 is 0 Å². The fourth-order valence-electron chi connectivity index (χ4n) is 2.06. The first-order chi connectivity index (χ1) is 9.26. The van der Waals surface area contributed by atoms with Gasteiger partial charge in [0.15, 0.2) is 0 Å². The van der Waals surface area contributed by atoms with Crippen molar-refractivity contribution in [2.24, 2.45) is 5.92 Å². The van der Waals surface area contributed by atoms with Crippen molar-refractivity contribution in [3.63, 3.8) is 0 Å². The second-order valence-electron chi connectivity index (χ2n) is 6.84. The van der Waals surface area contributed by atoms with Crippen LogP contribution in [0.25, 0.3) is 0 Å². The first-order valence-electron chi connectivity index (χ1n) is 7.76. The van der Waals surface area contributed by atoms with E-state index in [4.69, 9.17) is 4.42 Å². The number of aryl methyl sites for hydroxylation is 1. The van der Waals surface area contributed by atoms with Gasteiger partial charge < -0.3 is 9.73 Å². The maximum Gasteiger partial charge on any atom is 0.118 e. The lowest BCUT2D eigenvalue weighted by Gasteiger charge is -2.34. The van der Waals surface area contributed by atoms with E-state index in [1.54, 1.807) is 0 Å². The molecule has 1 N–H and O–H groups in total. The number of hydrogen-bond acceptors (Lipinski definition) is 3. The molecule has 0 aliphatic rings. The molecule has 1 aromatic heterocycles. The molecular formula is C17H32N2O. The Morgan fingerprint density at radius 1 is 1.35 bits per heavy atom. The number of hydrogen-bond donors (Lipinski definition) is 1. The zero-order valence-electron chi connectivity index (χ0n) is 14.3. The van der Waals surface area contributed by atoms with Crippen molar-refractivity contribution in [2.45, 2.75) is 66.6 Å². The van der Waals surface area contributed by atoms with Gasteiger partial charge in [0.2, 0.25) is 0 Å². The highest BCUT2D eigenvalue weighted by molar-refractivity contribution is 5.21. The van der Waals surface area contributed by atoms with Crippen LogP contribution in [0.1, 0.15) is 58.1 Å². The van der Waals surface area contributed by atoms with E-state index in [1.807, 2.05) is 0 Å². The molecule has 0 unspecified atom stereocenters. The van der Waals surface area contributed by atoms with Gasteiger partial charge in [-0.2, -0.15) is 0 Å². The summed E-state index contributed by atoms with van der Waals surface area (Å²) in [6.45, 7) is 16.1. The Morgan fingerprint density at radius 3 is 2.55 bits per heavy atom. The van der Waals surface area contributed by atoms with Crippen molar-refractivity contribution in [3.05, 3.63) is 23.2 Å². The SMILES string of the molecule is CCC(C)(C)N(C)Cc1cc(CNCC(C)C)oc1C. The molecule has 116 valence electrons. The van der Waals surface area contributed by atoms with Crippen LogP contribution in [0, 0.1) is 12.8 Å². The van der Waals surface area contributed by atoms with Crippen LogP contribution in [0.5, 0.6) is 0 Å². The third-order valence-electron chi connectivity index (χ3n) is 4.23. The standard InChI is InChI=1S/C17H32N2O/c1-8-17(5,6)19(7)12-15-9-16(20-14(15)4)11-18-10-13(2)3/h9,13,18H,8,10-12H2,1-7H3. The molecule has 1 rings (SSSR count). The van der Waals surface area contributed by atoms with Gasteiger partial charge in [-0.05, 0) is 52.8 Å². The minimum absolute atomic E-state index is 0.222. The molecule has 0 radical (unpaired) electrons. The lowest BCUT2D eigenvalue weighted by Crippen LogP contribution is -2.39. The summed E-state index contributed by atoms with van der Waals surface area (Å²) >= 11 is 0. The number of nitrogens with one attached hydrogen (secondary N) is 1. The molecule has 0 aliphatic heterocycles. The number of rotatable bonds is 8. The van der Waals surface area contributed by atoms with Gasteiger partial charge in [0, 0.05) is 17.6 Å². The van der Waals surface area contributed by atoms with Gasteiger partial charge in [0.25, 0.3) is 0 Å². The Kier molecular flexibility index (Phi) is 6.28. The van der Waals surface area contributed by atoms with Gasteiger partial charge >= 0.3 is 0 Å². The van der Waals surface area contributed by atoms with Crippen LogP contribution in [0.3, 0.4) is 0 Å². The Hall–Kier alpha value is -0.800. The minimum Gasteiger partial charge on any atom is -0.465 e. The molecule has 0 saturated heterocycles. The van der Waals surface area contributed by atoms with Gasteiger partial charge in [-0.3, -0.25) is 4.90 Å². The van der Waals surface area contributed by atoms with Gasteiger partial charge in [-0.25, -0.2) is 0 Å². The Morgan fingerprint density at radius 2 is 2.00 bits per heavy atom. The zero-order chi connectivity index (χ0) is 15.3. The summed E-state index contributed by atoms with van der Waals surface area (Å²) in [5.74, 6) is 2.76. The van der Waals surface area contributed by atoms with E-state index in [0.717, 1.165) is 37.6 Å². The van der Waals surface area contributed by atoms with Crippen molar-refractivity contribution >= 4 is 0 Å². The van der Waals surface area contributed by atoms with E-state index in [0.29, 0.717) is 5.92 Å². The first-order valence-corrected chi connectivity index (χ1v) is 7.76. The van der Waals surface area contributed by atoms with Gasteiger partial charge in [0.1, 0.15) is 11.5 Å². The second-order valence-corrected chi connectivity index (χ2v) is 6.84. The molecule has 3 heteroatoms. The summed E-state index contributed by atoms with van der Waals surface area (Å²) in [5, 5.41) is 3.43. The predicted molar refractivity (Wildman–Crippen MR) is 85.8 cm³/mol. The second kappa shape index (κ2) is 7.28. The molecule has 0 aromatic carbocycles. The van der Waals surface area contributed by atoms with Crippen LogP contribution in [0.15, 0.2) is 10.5 Å². The highest BCUT2D eigenvalue weighted by Crippen LogP contribution is 2.22. The van der Waals surface area contributed by atoms with Crippen LogP contribution in [-0.4, -0.2) is 24.0 Å². The van der Waals surface area contributed by atoms with Crippen molar-refractivity contribution in [3.8, 4) is 0 Å². The predicted octanol–water partition coefficient (Wildman–Crippen LogP) is 3.95. The van der Waals surface area contributed by atoms with Crippen molar-refractivity contribution in [1.29, 1.82) is 0 Å². The first kappa shape index (κ1) is 17.3. The lowest BCUT2D eigenvalue weighted by molar-refractivity contribution is 0.142. The summed E-state index contributed by atoms with van der Waals surface area (Å²) in [6.07, 6.45) is 1.14. The van der Waals surface area contributed by atoms with E-state index in [9.17, 15) is 0 Å². The normalized spacial score (nSPS) is 12.7. The summed E-state index contributed by atoms with van der Waals surface area (Å²) < 4.78 is 5.85. The molecule has 0 aliphatic carbocycles. The molecule has 20 heavy (non-hydrogen) atoms. The third kappa shape index (κ3) is 4.95. The Balaban J connectivity index is 2.61. The molecule has 0 spiro atoms. The molecule has 0 amide bonds. The van der Waals surface area contributed by atoms with Crippen LogP contribution in [0.2, 0.25) is 0 Å². The van der Waals surface area contributed by atoms with Crippen LogP contribution >= 0.6 is 0 Å². The maximum atomic E-state index is 5.85. The van der Waals surface area contributed by atoms with E-state index in [-0.39, 0.29) is 5.54 Å². The molecule has 3 nitrogen and oxygen atoms in total. The lowest BCUT2D eigenvalue weighted by atomic mass is 9.99. The van der Waals surface area contributed by atoms with Gasteiger partial charge in [0.05, 0.1) is 6.54 Å². The van der Waals surface area contributed by atoms with Crippen LogP contribution in [-0.2, 0) is 13.1 Å². The zero-order valence-corrected chi connectivity index (χ0v) is 14.3. The molecule has 1 aromatic rings. The molecule has 0 atom stereocenters. The number of furan rings is 1. The average Bonchev–Trinajstić information content (AvgIpc) is 2.69. The molecule has 0 saturated carbocycles. The Bertz CT molecular complexity index is 407. The molecular weight excluding hydrogens is 248 g/mol. The smallest absolute Gasteiger partial charge is 0.118 e. The quantitative estimate of drug-likeness (QED) is 0.781. The fourth-order valence-corrected chi connectivity index (χ4v) is 2.06. The van der Waals surface area contributed by atoms with E-state index in [2.05, 4.69) is 64.9 Å². The minimum atomic E-state index is 0.222. The van der Waals surface area contributed by atoms with Crippen molar-refractivity contribution < 1.29 is 4.42 Å². The monoisotopic (exact) mass is 280 g/mol. The Labute approximate surface area is 124 Å². The van der Waals surface area contributed by atoms with Crippen LogP contribution in [0.4, 0.5) is 0 Å². The maximum absolute atomic E-state index is 5.85. The average molecular weight is 280 g/mol. The fraction of sp³-hybridized carbons (Fsp3) is 0.765. The summed E-state index contributed by atoms with van der Waals surface area (Å²) in [5.41, 5.74) is 1.52. The van der Waals surface area contributed by atoms with Gasteiger partial charge in [-0.1, -0.05) is 20.8 Å². The van der Waals surface area contributed by atoms with Gasteiger partial charge in [-0.15, -0.1) is 0 Å². The van der Waals surface area contributed by atoms with Crippen LogP contribution < -0.4 is 5.32 Å². The third-order valence-corrected chi connectivity index (χ3v) is 4.23. The van der Waals surface area contributed by atoms with Crippen molar-refractivity contribution in [2.75, 3.05) is 13.6 Å².